The lowest BCUT2D eigenvalue weighted by atomic mass is 10.2. The second kappa shape index (κ2) is 6.13. The molecule has 0 aliphatic carbocycles. The van der Waals surface area contributed by atoms with Gasteiger partial charge in [-0.15, -0.1) is 0 Å². The molecule has 1 aromatic carbocycles. The first kappa shape index (κ1) is 13.3. The van der Waals surface area contributed by atoms with Crippen LogP contribution in [-0.4, -0.2) is 16.1 Å². The van der Waals surface area contributed by atoms with E-state index in [9.17, 15) is 4.39 Å². The van der Waals surface area contributed by atoms with Gasteiger partial charge >= 0.3 is 0 Å². The van der Waals surface area contributed by atoms with Crippen molar-refractivity contribution >= 4 is 5.82 Å². The van der Waals surface area contributed by atoms with Crippen LogP contribution in [0.15, 0.2) is 36.7 Å². The summed E-state index contributed by atoms with van der Waals surface area (Å²) in [7, 11) is 0. The van der Waals surface area contributed by atoms with Crippen LogP contribution in [0.1, 0.15) is 19.4 Å². The molecule has 2 aromatic rings. The van der Waals surface area contributed by atoms with Gasteiger partial charge in [0, 0.05) is 18.2 Å². The molecule has 0 aliphatic rings. The van der Waals surface area contributed by atoms with Crippen LogP contribution in [0.2, 0.25) is 0 Å². The van der Waals surface area contributed by atoms with Gasteiger partial charge in [-0.3, -0.25) is 0 Å². The van der Waals surface area contributed by atoms with E-state index in [4.69, 9.17) is 4.74 Å². The number of rotatable bonds is 5. The minimum atomic E-state index is -0.234. The number of aromatic nitrogens is 2. The van der Waals surface area contributed by atoms with Gasteiger partial charge in [-0.1, -0.05) is 18.2 Å². The van der Waals surface area contributed by atoms with Crippen LogP contribution in [0, 0.1) is 5.82 Å². The van der Waals surface area contributed by atoms with E-state index in [2.05, 4.69) is 15.3 Å². The normalized spacial score (nSPS) is 10.5. The molecule has 4 nitrogen and oxygen atoms in total. The molecule has 0 fully saturated rings. The molecule has 100 valence electrons. The number of ether oxygens (including phenoxy) is 1. The Hall–Kier alpha value is -2.17. The molecular formula is C14H16FN3O. The maximum atomic E-state index is 13.4. The van der Waals surface area contributed by atoms with Crippen LogP contribution in [0.25, 0.3) is 0 Å². The smallest absolute Gasteiger partial charge is 0.218 e. The van der Waals surface area contributed by atoms with Crippen LogP contribution in [0.5, 0.6) is 5.88 Å². The zero-order valence-corrected chi connectivity index (χ0v) is 10.9. The Bertz CT molecular complexity index is 546. The summed E-state index contributed by atoms with van der Waals surface area (Å²) >= 11 is 0. The fourth-order valence-corrected chi connectivity index (χ4v) is 1.57. The summed E-state index contributed by atoms with van der Waals surface area (Å²) in [6.45, 7) is 4.22. The zero-order valence-electron chi connectivity index (χ0n) is 10.9. The minimum absolute atomic E-state index is 0.0503. The summed E-state index contributed by atoms with van der Waals surface area (Å²) in [4.78, 5) is 8.07. The average Bonchev–Trinajstić information content (AvgIpc) is 2.37. The maximum Gasteiger partial charge on any atom is 0.218 e. The van der Waals surface area contributed by atoms with Crippen molar-refractivity contribution in [1.82, 2.24) is 9.97 Å². The molecule has 0 unspecified atom stereocenters. The molecule has 2 rings (SSSR count). The molecule has 0 atom stereocenters. The van der Waals surface area contributed by atoms with E-state index in [0.717, 1.165) is 0 Å². The Kier molecular flexibility index (Phi) is 4.28. The average molecular weight is 261 g/mol. The molecule has 1 heterocycles. The Morgan fingerprint density at radius 3 is 2.79 bits per heavy atom. The molecule has 0 saturated heterocycles. The zero-order chi connectivity index (χ0) is 13.7. The van der Waals surface area contributed by atoms with Gasteiger partial charge in [0.15, 0.2) is 0 Å². The lowest BCUT2D eigenvalue weighted by Crippen LogP contribution is -2.08. The van der Waals surface area contributed by atoms with Crippen LogP contribution < -0.4 is 10.1 Å². The second-order valence-electron chi connectivity index (χ2n) is 4.35. The van der Waals surface area contributed by atoms with Crippen molar-refractivity contribution in [2.75, 3.05) is 5.32 Å². The van der Waals surface area contributed by atoms with Crippen molar-refractivity contribution < 1.29 is 9.13 Å². The first-order valence-corrected chi connectivity index (χ1v) is 6.11. The van der Waals surface area contributed by atoms with Gasteiger partial charge in [-0.2, -0.15) is 0 Å². The first-order chi connectivity index (χ1) is 9.15. The summed E-state index contributed by atoms with van der Waals surface area (Å²) in [6, 6.07) is 8.33. The number of hydrogen-bond donors (Lipinski definition) is 1. The third-order valence-corrected chi connectivity index (χ3v) is 2.42. The molecular weight excluding hydrogens is 245 g/mol. The topological polar surface area (TPSA) is 47.0 Å². The van der Waals surface area contributed by atoms with Gasteiger partial charge in [0.1, 0.15) is 18.0 Å². The Morgan fingerprint density at radius 1 is 1.26 bits per heavy atom. The summed E-state index contributed by atoms with van der Waals surface area (Å²) in [5.74, 6) is 0.873. The van der Waals surface area contributed by atoms with Crippen LogP contribution >= 0.6 is 0 Å². The van der Waals surface area contributed by atoms with Gasteiger partial charge in [0.2, 0.25) is 5.88 Å². The van der Waals surface area contributed by atoms with Gasteiger partial charge in [0.25, 0.3) is 0 Å². The van der Waals surface area contributed by atoms with Crippen LogP contribution in [-0.2, 0) is 6.54 Å². The summed E-state index contributed by atoms with van der Waals surface area (Å²) < 4.78 is 18.9. The minimum Gasteiger partial charge on any atom is -0.475 e. The van der Waals surface area contributed by atoms with Gasteiger partial charge in [-0.25, -0.2) is 14.4 Å². The molecule has 5 heteroatoms. The number of hydrogen-bond acceptors (Lipinski definition) is 4. The molecule has 0 amide bonds. The molecule has 19 heavy (non-hydrogen) atoms. The van der Waals surface area contributed by atoms with E-state index in [1.54, 1.807) is 24.3 Å². The first-order valence-electron chi connectivity index (χ1n) is 6.11. The molecule has 0 spiro atoms. The predicted octanol–water partition coefficient (Wildman–Crippen LogP) is 3.02. The lowest BCUT2D eigenvalue weighted by Gasteiger charge is -2.10. The van der Waals surface area contributed by atoms with Crippen molar-refractivity contribution in [3.63, 3.8) is 0 Å². The Labute approximate surface area is 111 Å². The third-order valence-electron chi connectivity index (χ3n) is 2.42. The molecule has 1 aromatic heterocycles. The monoisotopic (exact) mass is 261 g/mol. The van der Waals surface area contributed by atoms with Crippen molar-refractivity contribution in [2.45, 2.75) is 26.5 Å². The van der Waals surface area contributed by atoms with E-state index >= 15 is 0 Å². The van der Waals surface area contributed by atoms with Crippen molar-refractivity contribution in [3.8, 4) is 5.88 Å². The largest absolute Gasteiger partial charge is 0.475 e. The molecule has 0 aliphatic heterocycles. The van der Waals surface area contributed by atoms with Crippen LogP contribution in [0.4, 0.5) is 10.2 Å². The summed E-state index contributed by atoms with van der Waals surface area (Å²) in [5.41, 5.74) is 0.590. The Morgan fingerprint density at radius 2 is 2.05 bits per heavy atom. The highest BCUT2D eigenvalue weighted by molar-refractivity contribution is 5.38. The Balaban J connectivity index is 2.02. The number of nitrogens with zero attached hydrogens (tertiary/aromatic N) is 2. The fourth-order valence-electron chi connectivity index (χ4n) is 1.57. The van der Waals surface area contributed by atoms with Crippen LogP contribution in [0.3, 0.4) is 0 Å². The molecule has 1 N–H and O–H groups in total. The second-order valence-corrected chi connectivity index (χ2v) is 4.35. The number of nitrogens with one attached hydrogen (secondary N) is 1. The highest BCUT2D eigenvalue weighted by Crippen LogP contribution is 2.14. The van der Waals surface area contributed by atoms with Crippen molar-refractivity contribution in [2.24, 2.45) is 0 Å². The SMILES string of the molecule is CC(C)Oc1cc(NCc2ccccc2F)ncn1. The molecule has 0 saturated carbocycles. The lowest BCUT2D eigenvalue weighted by molar-refractivity contribution is 0.232. The third kappa shape index (κ3) is 3.91. The highest BCUT2D eigenvalue weighted by atomic mass is 19.1. The van der Waals surface area contributed by atoms with Gasteiger partial charge in [-0.05, 0) is 19.9 Å². The van der Waals surface area contributed by atoms with Gasteiger partial charge in [0.05, 0.1) is 6.10 Å². The predicted molar refractivity (Wildman–Crippen MR) is 71.5 cm³/mol. The van der Waals surface area contributed by atoms with Crippen molar-refractivity contribution in [1.29, 1.82) is 0 Å². The number of anilines is 1. The van der Waals surface area contributed by atoms with Crippen molar-refractivity contribution in [3.05, 3.63) is 48.0 Å². The molecule has 0 radical (unpaired) electrons. The standard InChI is InChI=1S/C14H16FN3O/c1-10(2)19-14-7-13(17-9-18-14)16-8-11-5-3-4-6-12(11)15/h3-7,9-10H,8H2,1-2H3,(H,16,17,18). The maximum absolute atomic E-state index is 13.4. The fraction of sp³-hybridized carbons (Fsp3) is 0.286. The van der Waals surface area contributed by atoms with E-state index < -0.39 is 0 Å². The van der Waals surface area contributed by atoms with E-state index in [1.807, 2.05) is 13.8 Å². The highest BCUT2D eigenvalue weighted by Gasteiger charge is 2.04. The van der Waals surface area contributed by atoms with E-state index in [0.29, 0.717) is 23.8 Å². The summed E-state index contributed by atoms with van der Waals surface area (Å²) in [5, 5.41) is 3.04. The number of halogens is 1. The summed E-state index contributed by atoms with van der Waals surface area (Å²) in [6.07, 6.45) is 1.47. The quantitative estimate of drug-likeness (QED) is 0.898. The van der Waals surface area contributed by atoms with E-state index in [-0.39, 0.29) is 11.9 Å². The van der Waals surface area contributed by atoms with Gasteiger partial charge < -0.3 is 10.1 Å². The molecule has 0 bridgehead atoms. The number of benzene rings is 1. The van der Waals surface area contributed by atoms with E-state index in [1.165, 1.54) is 12.4 Å².